The first-order chi connectivity index (χ1) is 7.00. The predicted octanol–water partition coefficient (Wildman–Crippen LogP) is 2.58. The van der Waals surface area contributed by atoms with Crippen molar-refractivity contribution in [1.29, 1.82) is 5.26 Å². The van der Waals surface area contributed by atoms with Crippen LogP contribution in [0.1, 0.15) is 21.5 Å². The summed E-state index contributed by atoms with van der Waals surface area (Å²) in [5.41, 5.74) is -1.35. The van der Waals surface area contributed by atoms with E-state index in [1.54, 1.807) is 6.07 Å². The SMILES string of the molecule is N#CCc1cccc(C(F)(F)F)c1C=O. The number of hydrogen-bond acceptors (Lipinski definition) is 2. The second-order valence-corrected chi connectivity index (χ2v) is 2.83. The molecule has 0 atom stereocenters. The van der Waals surface area contributed by atoms with E-state index in [0.29, 0.717) is 0 Å². The van der Waals surface area contributed by atoms with Crippen molar-refractivity contribution in [3.8, 4) is 6.07 Å². The first-order valence-corrected chi connectivity index (χ1v) is 4.02. The van der Waals surface area contributed by atoms with E-state index in [4.69, 9.17) is 5.26 Å². The lowest BCUT2D eigenvalue weighted by Gasteiger charge is -2.11. The van der Waals surface area contributed by atoms with E-state index < -0.39 is 17.3 Å². The van der Waals surface area contributed by atoms with Gasteiger partial charge in [0.15, 0.2) is 6.29 Å². The highest BCUT2D eigenvalue weighted by Crippen LogP contribution is 2.32. The van der Waals surface area contributed by atoms with Gasteiger partial charge in [0.05, 0.1) is 18.1 Å². The fourth-order valence-electron chi connectivity index (χ4n) is 1.24. The minimum absolute atomic E-state index is 0.0994. The Morgan fingerprint density at radius 1 is 1.40 bits per heavy atom. The Kier molecular flexibility index (Phi) is 3.10. The van der Waals surface area contributed by atoms with Crippen molar-refractivity contribution >= 4 is 6.29 Å². The summed E-state index contributed by atoms with van der Waals surface area (Å²) in [5.74, 6) is 0. The number of nitrogens with zero attached hydrogens (tertiary/aromatic N) is 1. The topological polar surface area (TPSA) is 40.9 Å². The van der Waals surface area contributed by atoms with Crippen molar-refractivity contribution in [3.05, 3.63) is 34.9 Å². The third-order valence-corrected chi connectivity index (χ3v) is 1.89. The Balaban J connectivity index is 3.36. The standard InChI is InChI=1S/C10H6F3NO/c11-10(12,13)9-3-1-2-7(4-5-14)8(9)6-15/h1-3,6H,4H2. The number of benzene rings is 1. The van der Waals surface area contributed by atoms with E-state index in [2.05, 4.69) is 0 Å². The van der Waals surface area contributed by atoms with Crippen LogP contribution in [0.3, 0.4) is 0 Å². The van der Waals surface area contributed by atoms with Gasteiger partial charge in [0.1, 0.15) is 0 Å². The van der Waals surface area contributed by atoms with Gasteiger partial charge in [-0.25, -0.2) is 0 Å². The van der Waals surface area contributed by atoms with Crippen LogP contribution in [-0.2, 0) is 12.6 Å². The average Bonchev–Trinajstić information content (AvgIpc) is 2.16. The van der Waals surface area contributed by atoms with Crippen LogP contribution < -0.4 is 0 Å². The molecule has 78 valence electrons. The molecule has 2 nitrogen and oxygen atoms in total. The van der Waals surface area contributed by atoms with Crippen LogP contribution in [0.15, 0.2) is 18.2 Å². The van der Waals surface area contributed by atoms with Crippen molar-refractivity contribution in [2.45, 2.75) is 12.6 Å². The van der Waals surface area contributed by atoms with Crippen molar-refractivity contribution < 1.29 is 18.0 Å². The molecule has 0 aromatic heterocycles. The van der Waals surface area contributed by atoms with E-state index in [9.17, 15) is 18.0 Å². The Morgan fingerprint density at radius 3 is 2.53 bits per heavy atom. The number of hydrogen-bond donors (Lipinski definition) is 0. The van der Waals surface area contributed by atoms with Gasteiger partial charge in [-0.2, -0.15) is 18.4 Å². The summed E-state index contributed by atoms with van der Waals surface area (Å²) in [6, 6.07) is 5.05. The third-order valence-electron chi connectivity index (χ3n) is 1.89. The number of aldehydes is 1. The Morgan fingerprint density at radius 2 is 2.07 bits per heavy atom. The molecule has 0 aliphatic carbocycles. The quantitative estimate of drug-likeness (QED) is 0.708. The zero-order valence-electron chi connectivity index (χ0n) is 7.51. The maximum atomic E-state index is 12.4. The van der Waals surface area contributed by atoms with Crippen LogP contribution in [0.2, 0.25) is 0 Å². The molecule has 0 saturated carbocycles. The molecule has 0 aliphatic heterocycles. The monoisotopic (exact) mass is 213 g/mol. The molecule has 1 rings (SSSR count). The summed E-state index contributed by atoms with van der Waals surface area (Å²) >= 11 is 0. The molecule has 0 radical (unpaired) electrons. The molecule has 5 heteroatoms. The Bertz CT molecular complexity index is 418. The summed E-state index contributed by atoms with van der Waals surface area (Å²) in [4.78, 5) is 10.6. The maximum Gasteiger partial charge on any atom is 0.417 e. The van der Waals surface area contributed by atoms with Crippen LogP contribution in [0.4, 0.5) is 13.2 Å². The van der Waals surface area contributed by atoms with E-state index in [1.165, 1.54) is 12.1 Å². The lowest BCUT2D eigenvalue weighted by molar-refractivity contribution is -0.137. The van der Waals surface area contributed by atoms with E-state index >= 15 is 0 Å². The van der Waals surface area contributed by atoms with Gasteiger partial charge in [-0.05, 0) is 11.6 Å². The van der Waals surface area contributed by atoms with E-state index in [1.807, 2.05) is 0 Å². The summed E-state index contributed by atoms with van der Waals surface area (Å²) in [7, 11) is 0. The Labute approximate surface area is 83.9 Å². The highest BCUT2D eigenvalue weighted by Gasteiger charge is 2.33. The molecule has 0 amide bonds. The molecule has 1 aromatic carbocycles. The molecule has 1 aromatic rings. The molecule has 0 N–H and O–H groups in total. The lowest BCUT2D eigenvalue weighted by Crippen LogP contribution is -2.10. The van der Waals surface area contributed by atoms with Crippen molar-refractivity contribution in [3.63, 3.8) is 0 Å². The molecular weight excluding hydrogens is 207 g/mol. The number of carbonyl (C=O) groups excluding carboxylic acids is 1. The second kappa shape index (κ2) is 4.13. The number of rotatable bonds is 2. The smallest absolute Gasteiger partial charge is 0.298 e. The molecule has 0 bridgehead atoms. The zero-order chi connectivity index (χ0) is 11.5. The molecular formula is C10H6F3NO. The van der Waals surface area contributed by atoms with Crippen LogP contribution in [0, 0.1) is 11.3 Å². The normalized spacial score (nSPS) is 10.8. The minimum Gasteiger partial charge on any atom is -0.298 e. The number of carbonyl (C=O) groups is 1. The number of nitriles is 1. The first kappa shape index (κ1) is 11.2. The fraction of sp³-hybridized carbons (Fsp3) is 0.200. The zero-order valence-corrected chi connectivity index (χ0v) is 7.51. The second-order valence-electron chi connectivity index (χ2n) is 2.83. The Hall–Kier alpha value is -1.83. The fourth-order valence-corrected chi connectivity index (χ4v) is 1.24. The number of halogens is 3. The van der Waals surface area contributed by atoms with Crippen LogP contribution in [0.5, 0.6) is 0 Å². The van der Waals surface area contributed by atoms with Gasteiger partial charge < -0.3 is 0 Å². The first-order valence-electron chi connectivity index (χ1n) is 4.02. The lowest BCUT2D eigenvalue weighted by atomic mass is 10.00. The van der Waals surface area contributed by atoms with Gasteiger partial charge in [-0.15, -0.1) is 0 Å². The molecule has 0 heterocycles. The van der Waals surface area contributed by atoms with E-state index in [0.717, 1.165) is 6.07 Å². The van der Waals surface area contributed by atoms with Gasteiger partial charge in [0.2, 0.25) is 0 Å². The van der Waals surface area contributed by atoms with Gasteiger partial charge in [-0.1, -0.05) is 12.1 Å². The highest BCUT2D eigenvalue weighted by atomic mass is 19.4. The highest BCUT2D eigenvalue weighted by molar-refractivity contribution is 5.80. The van der Waals surface area contributed by atoms with Gasteiger partial charge >= 0.3 is 6.18 Å². The van der Waals surface area contributed by atoms with Crippen LogP contribution in [-0.4, -0.2) is 6.29 Å². The maximum absolute atomic E-state index is 12.4. The van der Waals surface area contributed by atoms with Crippen molar-refractivity contribution in [1.82, 2.24) is 0 Å². The summed E-state index contributed by atoms with van der Waals surface area (Å²) in [5, 5.41) is 8.39. The summed E-state index contributed by atoms with van der Waals surface area (Å²) in [6.07, 6.45) is -4.64. The summed E-state index contributed by atoms with van der Waals surface area (Å²) < 4.78 is 37.2. The third kappa shape index (κ3) is 2.34. The predicted molar refractivity (Wildman–Crippen MR) is 46.1 cm³/mol. The minimum atomic E-state index is -4.57. The molecule has 0 aliphatic rings. The van der Waals surface area contributed by atoms with Crippen molar-refractivity contribution in [2.75, 3.05) is 0 Å². The molecule has 15 heavy (non-hydrogen) atoms. The van der Waals surface area contributed by atoms with E-state index in [-0.39, 0.29) is 18.3 Å². The summed E-state index contributed by atoms with van der Waals surface area (Å²) in [6.45, 7) is 0. The van der Waals surface area contributed by atoms with Crippen molar-refractivity contribution in [2.24, 2.45) is 0 Å². The van der Waals surface area contributed by atoms with Gasteiger partial charge in [0, 0.05) is 5.56 Å². The van der Waals surface area contributed by atoms with Gasteiger partial charge in [-0.3, -0.25) is 4.79 Å². The largest absolute Gasteiger partial charge is 0.417 e. The van der Waals surface area contributed by atoms with Gasteiger partial charge in [0.25, 0.3) is 0 Å². The molecule has 0 saturated heterocycles. The average molecular weight is 213 g/mol. The molecule has 0 unspecified atom stereocenters. The van der Waals surface area contributed by atoms with Crippen LogP contribution >= 0.6 is 0 Å². The number of alkyl halides is 3. The molecule has 0 spiro atoms. The van der Waals surface area contributed by atoms with Crippen LogP contribution in [0.25, 0.3) is 0 Å². The molecule has 0 fully saturated rings.